The van der Waals surface area contributed by atoms with Crippen molar-refractivity contribution in [1.29, 1.82) is 0 Å². The van der Waals surface area contributed by atoms with Crippen molar-refractivity contribution in [2.45, 2.75) is 31.7 Å². The molecule has 0 unspecified atom stereocenters. The molecule has 0 aliphatic carbocycles. The fraction of sp³-hybridized carbons (Fsp3) is 0.571. The van der Waals surface area contributed by atoms with E-state index in [4.69, 9.17) is 21.1 Å². The average Bonchev–Trinajstić information content (AvgIpc) is 2.33. The van der Waals surface area contributed by atoms with Crippen LogP contribution in [0, 0.1) is 5.41 Å². The molecular formula is C14H19ClO2. The quantitative estimate of drug-likeness (QED) is 0.748. The molecule has 0 bridgehead atoms. The first kappa shape index (κ1) is 12.7. The maximum Gasteiger partial charge on any atom is 0.124 e. The third-order valence-electron chi connectivity index (χ3n) is 3.56. The minimum absolute atomic E-state index is 0.00472. The molecule has 3 heteroatoms. The Morgan fingerprint density at radius 3 is 2.76 bits per heavy atom. The third-order valence-corrected chi connectivity index (χ3v) is 4.34. The number of alkyl halides is 1. The molecule has 1 aromatic carbocycles. The second-order valence-corrected chi connectivity index (χ2v) is 5.60. The summed E-state index contributed by atoms with van der Waals surface area (Å²) < 4.78 is 11.3. The van der Waals surface area contributed by atoms with Crippen LogP contribution < -0.4 is 4.74 Å². The fourth-order valence-corrected chi connectivity index (χ4v) is 2.62. The van der Waals surface area contributed by atoms with Gasteiger partial charge in [-0.2, -0.15) is 0 Å². The van der Waals surface area contributed by atoms with E-state index in [1.807, 2.05) is 18.2 Å². The number of benzene rings is 1. The molecule has 2 atom stereocenters. The van der Waals surface area contributed by atoms with Gasteiger partial charge in [-0.1, -0.05) is 32.0 Å². The summed E-state index contributed by atoms with van der Waals surface area (Å²) in [5.41, 5.74) is 0.999. The Labute approximate surface area is 108 Å². The van der Waals surface area contributed by atoms with Crippen molar-refractivity contribution in [2.75, 3.05) is 13.7 Å². The molecule has 0 radical (unpaired) electrons. The maximum atomic E-state index is 6.43. The Kier molecular flexibility index (Phi) is 3.64. The zero-order valence-corrected chi connectivity index (χ0v) is 11.3. The van der Waals surface area contributed by atoms with Gasteiger partial charge in [0.15, 0.2) is 0 Å². The predicted molar refractivity (Wildman–Crippen MR) is 69.7 cm³/mol. The van der Waals surface area contributed by atoms with Gasteiger partial charge in [-0.15, -0.1) is 11.6 Å². The van der Waals surface area contributed by atoms with Crippen LogP contribution in [0.4, 0.5) is 0 Å². The fourth-order valence-electron chi connectivity index (χ4n) is 2.41. The number of para-hydroxylation sites is 1. The lowest BCUT2D eigenvalue weighted by Crippen LogP contribution is -2.39. The molecule has 1 aliphatic heterocycles. The molecule has 2 rings (SSSR count). The average molecular weight is 255 g/mol. The van der Waals surface area contributed by atoms with Crippen LogP contribution in [-0.4, -0.2) is 19.1 Å². The van der Waals surface area contributed by atoms with Gasteiger partial charge >= 0.3 is 0 Å². The molecule has 0 amide bonds. The van der Waals surface area contributed by atoms with Crippen LogP contribution in [0.15, 0.2) is 24.3 Å². The summed E-state index contributed by atoms with van der Waals surface area (Å²) >= 11 is 6.43. The molecule has 1 aromatic rings. The number of rotatable bonds is 2. The summed E-state index contributed by atoms with van der Waals surface area (Å²) in [7, 11) is 1.69. The second kappa shape index (κ2) is 4.87. The van der Waals surface area contributed by atoms with Crippen molar-refractivity contribution in [2.24, 2.45) is 5.41 Å². The number of hydrogen-bond donors (Lipinski definition) is 0. The van der Waals surface area contributed by atoms with E-state index in [-0.39, 0.29) is 16.9 Å². The topological polar surface area (TPSA) is 18.5 Å². The molecule has 0 saturated carbocycles. The Morgan fingerprint density at radius 1 is 1.35 bits per heavy atom. The molecule has 0 spiro atoms. The van der Waals surface area contributed by atoms with Crippen LogP contribution >= 0.6 is 11.6 Å². The lowest BCUT2D eigenvalue weighted by molar-refractivity contribution is -0.0679. The molecule has 2 nitrogen and oxygen atoms in total. The Hall–Kier alpha value is -0.730. The normalized spacial score (nSPS) is 27.8. The monoisotopic (exact) mass is 254 g/mol. The number of ether oxygens (including phenoxy) is 2. The Balaban J connectivity index is 2.38. The number of methoxy groups -OCH3 is 1. The Bertz CT molecular complexity index is 390. The molecule has 17 heavy (non-hydrogen) atoms. The van der Waals surface area contributed by atoms with Gasteiger partial charge in [-0.3, -0.25) is 0 Å². The summed E-state index contributed by atoms with van der Waals surface area (Å²) in [5.74, 6) is 0.872. The van der Waals surface area contributed by atoms with Crippen LogP contribution in [0.3, 0.4) is 0 Å². The van der Waals surface area contributed by atoms with E-state index in [2.05, 4.69) is 19.9 Å². The predicted octanol–water partition coefficient (Wildman–Crippen LogP) is 3.79. The molecule has 1 fully saturated rings. The van der Waals surface area contributed by atoms with Gasteiger partial charge in [0.2, 0.25) is 0 Å². The van der Waals surface area contributed by atoms with E-state index in [1.165, 1.54) is 0 Å². The van der Waals surface area contributed by atoms with Gasteiger partial charge in [0.1, 0.15) is 5.75 Å². The van der Waals surface area contributed by atoms with Crippen LogP contribution in [0.25, 0.3) is 0 Å². The smallest absolute Gasteiger partial charge is 0.124 e. The van der Waals surface area contributed by atoms with Gasteiger partial charge < -0.3 is 9.47 Å². The van der Waals surface area contributed by atoms with Crippen molar-refractivity contribution in [3.8, 4) is 5.75 Å². The van der Waals surface area contributed by atoms with Crippen molar-refractivity contribution in [3.63, 3.8) is 0 Å². The van der Waals surface area contributed by atoms with Crippen LogP contribution in [0.2, 0.25) is 0 Å². The third kappa shape index (κ3) is 2.29. The Morgan fingerprint density at radius 2 is 2.06 bits per heavy atom. The second-order valence-electron chi connectivity index (χ2n) is 5.07. The summed E-state index contributed by atoms with van der Waals surface area (Å²) in [6, 6.07) is 8.00. The summed E-state index contributed by atoms with van der Waals surface area (Å²) in [6.07, 6.45) is 0.898. The van der Waals surface area contributed by atoms with Crippen molar-refractivity contribution >= 4 is 11.6 Å². The molecule has 1 heterocycles. The molecule has 1 aliphatic rings. The standard InChI is InChI=1S/C14H19ClO2/c1-14(2)12(15)8-9-17-13(14)10-6-4-5-7-11(10)16-3/h4-7,12-13H,8-9H2,1-3H3/t12-,13-/m0/s1. The lowest BCUT2D eigenvalue weighted by Gasteiger charge is -2.42. The highest BCUT2D eigenvalue weighted by Crippen LogP contribution is 2.48. The molecule has 94 valence electrons. The lowest BCUT2D eigenvalue weighted by atomic mass is 9.76. The van der Waals surface area contributed by atoms with Crippen molar-refractivity contribution in [3.05, 3.63) is 29.8 Å². The van der Waals surface area contributed by atoms with E-state index in [1.54, 1.807) is 7.11 Å². The van der Waals surface area contributed by atoms with Gasteiger partial charge in [0, 0.05) is 23.0 Å². The van der Waals surface area contributed by atoms with Gasteiger partial charge in [0.25, 0.3) is 0 Å². The molecule has 0 aromatic heterocycles. The number of halogens is 1. The molecule has 0 N–H and O–H groups in total. The first-order valence-electron chi connectivity index (χ1n) is 5.96. The first-order chi connectivity index (χ1) is 8.07. The van der Waals surface area contributed by atoms with Gasteiger partial charge in [-0.05, 0) is 12.5 Å². The van der Waals surface area contributed by atoms with E-state index < -0.39 is 0 Å². The summed E-state index contributed by atoms with van der Waals surface area (Å²) in [6.45, 7) is 5.02. The SMILES string of the molecule is COc1ccccc1[C@@H]1OCC[C@H](Cl)C1(C)C. The molecular weight excluding hydrogens is 236 g/mol. The van der Waals surface area contributed by atoms with Crippen molar-refractivity contribution < 1.29 is 9.47 Å². The van der Waals surface area contributed by atoms with Crippen molar-refractivity contribution in [1.82, 2.24) is 0 Å². The minimum atomic E-state index is -0.0889. The minimum Gasteiger partial charge on any atom is -0.496 e. The zero-order chi connectivity index (χ0) is 12.5. The van der Waals surface area contributed by atoms with E-state index >= 15 is 0 Å². The summed E-state index contributed by atoms with van der Waals surface area (Å²) in [5, 5.41) is 0.131. The largest absolute Gasteiger partial charge is 0.496 e. The summed E-state index contributed by atoms with van der Waals surface area (Å²) in [4.78, 5) is 0. The van der Waals surface area contributed by atoms with E-state index in [0.29, 0.717) is 6.61 Å². The van der Waals surface area contributed by atoms with Crippen LogP contribution in [0.1, 0.15) is 31.9 Å². The van der Waals surface area contributed by atoms with Gasteiger partial charge in [-0.25, -0.2) is 0 Å². The van der Waals surface area contributed by atoms with E-state index in [0.717, 1.165) is 17.7 Å². The first-order valence-corrected chi connectivity index (χ1v) is 6.39. The highest BCUT2D eigenvalue weighted by Gasteiger charge is 2.42. The van der Waals surface area contributed by atoms with Gasteiger partial charge in [0.05, 0.1) is 13.2 Å². The van der Waals surface area contributed by atoms with Crippen LogP contribution in [-0.2, 0) is 4.74 Å². The highest BCUT2D eigenvalue weighted by atomic mass is 35.5. The number of hydrogen-bond acceptors (Lipinski definition) is 2. The highest BCUT2D eigenvalue weighted by molar-refractivity contribution is 6.21. The maximum absolute atomic E-state index is 6.43. The van der Waals surface area contributed by atoms with Crippen LogP contribution in [0.5, 0.6) is 5.75 Å². The van der Waals surface area contributed by atoms with E-state index in [9.17, 15) is 0 Å². The zero-order valence-electron chi connectivity index (χ0n) is 10.6. The molecule has 1 saturated heterocycles.